The first-order valence-electron chi connectivity index (χ1n) is 12.6. The van der Waals surface area contributed by atoms with Gasteiger partial charge in [-0.25, -0.2) is 4.68 Å². The zero-order valence-electron chi connectivity index (χ0n) is 21.4. The van der Waals surface area contributed by atoms with E-state index in [1.54, 1.807) is 4.90 Å². The van der Waals surface area contributed by atoms with E-state index < -0.39 is 0 Å². The summed E-state index contributed by atoms with van der Waals surface area (Å²) in [5.74, 6) is 0.846. The molecule has 0 N–H and O–H groups in total. The minimum atomic E-state index is -0.0169. The fraction of sp³-hybridized carbons (Fsp3) is 0.345. The normalized spacial score (nSPS) is 14.9. The van der Waals surface area contributed by atoms with Crippen LogP contribution in [0.5, 0.6) is 5.75 Å². The van der Waals surface area contributed by atoms with Gasteiger partial charge in [0.2, 0.25) is 0 Å². The van der Waals surface area contributed by atoms with Crippen LogP contribution in [0, 0.1) is 6.92 Å². The molecule has 3 aromatic rings. The van der Waals surface area contributed by atoms with Crippen molar-refractivity contribution in [3.8, 4) is 22.7 Å². The molecule has 188 valence electrons. The van der Waals surface area contributed by atoms with Crippen molar-refractivity contribution in [3.63, 3.8) is 0 Å². The van der Waals surface area contributed by atoms with E-state index in [0.29, 0.717) is 15.8 Å². The van der Waals surface area contributed by atoms with Crippen LogP contribution in [0.3, 0.4) is 0 Å². The van der Waals surface area contributed by atoms with Crippen LogP contribution >= 0.6 is 24.0 Å². The Hall–Kier alpha value is -2.90. The van der Waals surface area contributed by atoms with Crippen LogP contribution in [-0.4, -0.2) is 37.6 Å². The van der Waals surface area contributed by atoms with E-state index in [-0.39, 0.29) is 12.0 Å². The Morgan fingerprint density at radius 1 is 1.11 bits per heavy atom. The maximum atomic E-state index is 13.2. The van der Waals surface area contributed by atoms with Gasteiger partial charge in [-0.1, -0.05) is 68.4 Å². The van der Waals surface area contributed by atoms with Gasteiger partial charge in [-0.15, -0.1) is 0 Å². The molecule has 0 saturated carbocycles. The van der Waals surface area contributed by atoms with E-state index in [1.807, 2.05) is 80.2 Å². The number of unbranched alkanes of at least 4 members (excludes halogenated alkanes) is 3. The zero-order valence-corrected chi connectivity index (χ0v) is 23.0. The summed E-state index contributed by atoms with van der Waals surface area (Å²) in [7, 11) is 0. The number of aromatic nitrogens is 2. The molecule has 0 unspecified atom stereocenters. The average Bonchev–Trinajstić information content (AvgIpc) is 3.39. The number of hydrogen-bond acceptors (Lipinski definition) is 5. The second kappa shape index (κ2) is 11.9. The number of amides is 1. The Labute approximate surface area is 223 Å². The molecule has 1 aliphatic rings. The predicted octanol–water partition coefficient (Wildman–Crippen LogP) is 7.42. The first-order valence-corrected chi connectivity index (χ1v) is 13.8. The Morgan fingerprint density at radius 2 is 1.89 bits per heavy atom. The third kappa shape index (κ3) is 6.08. The first-order chi connectivity index (χ1) is 17.4. The zero-order chi connectivity index (χ0) is 25.7. The lowest BCUT2D eigenvalue weighted by Crippen LogP contribution is -2.29. The highest BCUT2D eigenvalue weighted by Gasteiger charge is 2.32. The third-order valence-corrected chi connectivity index (χ3v) is 7.35. The van der Waals surface area contributed by atoms with Crippen LogP contribution in [0.1, 0.15) is 57.6 Å². The van der Waals surface area contributed by atoms with Crippen molar-refractivity contribution in [1.82, 2.24) is 14.7 Å². The molecule has 0 spiro atoms. The number of aryl methyl sites for hydroxylation is 1. The molecular weight excluding hydrogens is 486 g/mol. The molecule has 1 amide bonds. The molecule has 1 aliphatic heterocycles. The average molecular weight is 520 g/mol. The number of nitrogens with zero attached hydrogens (tertiary/aromatic N) is 3. The van der Waals surface area contributed by atoms with Gasteiger partial charge >= 0.3 is 0 Å². The van der Waals surface area contributed by atoms with Crippen molar-refractivity contribution in [3.05, 3.63) is 70.8 Å². The predicted molar refractivity (Wildman–Crippen MR) is 154 cm³/mol. The quantitative estimate of drug-likeness (QED) is 0.158. The number of hydrogen-bond donors (Lipinski definition) is 0. The van der Waals surface area contributed by atoms with Crippen molar-refractivity contribution in [2.75, 3.05) is 6.54 Å². The van der Waals surface area contributed by atoms with Crippen molar-refractivity contribution in [2.24, 2.45) is 0 Å². The van der Waals surface area contributed by atoms with Gasteiger partial charge < -0.3 is 4.74 Å². The molecule has 1 fully saturated rings. The van der Waals surface area contributed by atoms with Crippen molar-refractivity contribution >= 4 is 40.3 Å². The van der Waals surface area contributed by atoms with Gasteiger partial charge in [0, 0.05) is 23.9 Å². The number of carbonyl (C=O) groups is 1. The van der Waals surface area contributed by atoms with E-state index in [2.05, 4.69) is 13.0 Å². The molecule has 7 heteroatoms. The lowest BCUT2D eigenvalue weighted by molar-refractivity contribution is -0.122. The third-order valence-electron chi connectivity index (χ3n) is 5.97. The van der Waals surface area contributed by atoms with Gasteiger partial charge in [0.25, 0.3) is 5.91 Å². The van der Waals surface area contributed by atoms with Crippen LogP contribution < -0.4 is 4.74 Å². The van der Waals surface area contributed by atoms with Gasteiger partial charge in [0.05, 0.1) is 16.7 Å². The topological polar surface area (TPSA) is 47.4 Å². The molecule has 0 atom stereocenters. The van der Waals surface area contributed by atoms with Crippen LogP contribution in [0.2, 0.25) is 0 Å². The lowest BCUT2D eigenvalue weighted by Gasteiger charge is -2.13. The highest BCUT2D eigenvalue weighted by atomic mass is 32.2. The molecule has 4 rings (SSSR count). The van der Waals surface area contributed by atoms with Gasteiger partial charge in [0.15, 0.2) is 0 Å². The van der Waals surface area contributed by atoms with E-state index in [4.69, 9.17) is 22.1 Å². The summed E-state index contributed by atoms with van der Waals surface area (Å²) in [5, 5.41) is 4.92. The van der Waals surface area contributed by atoms with Crippen molar-refractivity contribution in [1.29, 1.82) is 0 Å². The van der Waals surface area contributed by atoms with Gasteiger partial charge in [-0.05, 0) is 69.2 Å². The molecule has 36 heavy (non-hydrogen) atoms. The molecule has 1 aromatic heterocycles. The maximum absolute atomic E-state index is 13.2. The van der Waals surface area contributed by atoms with Gasteiger partial charge in [-0.3, -0.25) is 9.69 Å². The SMILES string of the molecule is CCCCCCN1C(=O)/C(=C/c2cn(-c3ccccc3)nc2-c2ccc(OC(C)C)c(C)c2)SC1=S. The molecule has 0 radical (unpaired) electrons. The minimum Gasteiger partial charge on any atom is -0.491 e. The Bertz CT molecular complexity index is 1260. The molecule has 5 nitrogen and oxygen atoms in total. The van der Waals surface area contributed by atoms with E-state index in [9.17, 15) is 4.79 Å². The second-order valence-electron chi connectivity index (χ2n) is 9.25. The molecule has 0 aliphatic carbocycles. The summed E-state index contributed by atoms with van der Waals surface area (Å²) >= 11 is 6.93. The standard InChI is InChI=1S/C29H33N3O2S2/c1-5-6-7-11-16-31-28(33)26(36-29(31)35)18-23-19-32(24-12-9-8-10-13-24)30-27(23)22-14-15-25(21(4)17-22)34-20(2)3/h8-10,12-15,17-20H,5-7,11,16H2,1-4H3/b26-18-. The summed E-state index contributed by atoms with van der Waals surface area (Å²) in [6.45, 7) is 8.94. The Kier molecular flexibility index (Phi) is 8.64. The highest BCUT2D eigenvalue weighted by Crippen LogP contribution is 2.36. The van der Waals surface area contributed by atoms with Crippen molar-refractivity contribution in [2.45, 2.75) is 59.5 Å². The summed E-state index contributed by atoms with van der Waals surface area (Å²) in [6, 6.07) is 16.1. The molecule has 2 aromatic carbocycles. The van der Waals surface area contributed by atoms with Crippen LogP contribution in [0.15, 0.2) is 59.6 Å². The number of ether oxygens (including phenoxy) is 1. The van der Waals surface area contributed by atoms with Gasteiger partial charge in [-0.2, -0.15) is 5.10 Å². The fourth-order valence-corrected chi connectivity index (χ4v) is 5.44. The summed E-state index contributed by atoms with van der Waals surface area (Å²) in [4.78, 5) is 15.6. The summed E-state index contributed by atoms with van der Waals surface area (Å²) in [5.41, 5.74) is 4.66. The van der Waals surface area contributed by atoms with E-state index in [0.717, 1.165) is 53.1 Å². The van der Waals surface area contributed by atoms with Crippen LogP contribution in [0.4, 0.5) is 0 Å². The Balaban J connectivity index is 1.69. The first kappa shape index (κ1) is 26.2. The number of rotatable bonds is 10. The summed E-state index contributed by atoms with van der Waals surface area (Å²) in [6.07, 6.45) is 8.42. The number of thioether (sulfide) groups is 1. The minimum absolute atomic E-state index is 0.0169. The Morgan fingerprint density at radius 3 is 2.58 bits per heavy atom. The van der Waals surface area contributed by atoms with Gasteiger partial charge in [0.1, 0.15) is 15.8 Å². The summed E-state index contributed by atoms with van der Waals surface area (Å²) < 4.78 is 8.42. The highest BCUT2D eigenvalue weighted by molar-refractivity contribution is 8.26. The smallest absolute Gasteiger partial charge is 0.266 e. The van der Waals surface area contributed by atoms with E-state index in [1.165, 1.54) is 18.2 Å². The van der Waals surface area contributed by atoms with Crippen LogP contribution in [-0.2, 0) is 4.79 Å². The molecule has 1 saturated heterocycles. The largest absolute Gasteiger partial charge is 0.491 e. The second-order valence-corrected chi connectivity index (χ2v) is 10.9. The van der Waals surface area contributed by atoms with E-state index >= 15 is 0 Å². The number of benzene rings is 2. The van der Waals surface area contributed by atoms with Crippen molar-refractivity contribution < 1.29 is 9.53 Å². The molecule has 2 heterocycles. The number of carbonyl (C=O) groups excluding carboxylic acids is 1. The monoisotopic (exact) mass is 519 g/mol. The fourth-order valence-electron chi connectivity index (χ4n) is 4.14. The molecule has 0 bridgehead atoms. The number of thiocarbonyl (C=S) groups is 1. The maximum Gasteiger partial charge on any atom is 0.266 e. The lowest BCUT2D eigenvalue weighted by atomic mass is 10.0. The van der Waals surface area contributed by atoms with Crippen LogP contribution in [0.25, 0.3) is 23.0 Å². The molecular formula is C29H33N3O2S2. The number of para-hydroxylation sites is 1.